The smallest absolute Gasteiger partial charge is 0.343 e. The first-order valence-corrected chi connectivity index (χ1v) is 6.18. The van der Waals surface area contributed by atoms with Crippen LogP contribution < -0.4 is 9.47 Å². The molecule has 0 aliphatic rings. The highest BCUT2D eigenvalue weighted by atomic mass is 16.5. The average Bonchev–Trinajstić information content (AvgIpc) is 2.49. The van der Waals surface area contributed by atoms with Crippen LogP contribution in [-0.4, -0.2) is 23.2 Å². The van der Waals surface area contributed by atoms with Crippen LogP contribution in [0.3, 0.4) is 0 Å². The zero-order chi connectivity index (χ0) is 14.5. The molecule has 0 spiro atoms. The summed E-state index contributed by atoms with van der Waals surface area (Å²) in [5.74, 6) is -0.457. The van der Waals surface area contributed by atoms with Gasteiger partial charge >= 0.3 is 5.97 Å². The maximum Gasteiger partial charge on any atom is 0.343 e. The molecule has 2 rings (SSSR count). The Balaban J connectivity index is 2.27. The highest BCUT2D eigenvalue weighted by Crippen LogP contribution is 2.29. The van der Waals surface area contributed by atoms with E-state index in [2.05, 4.69) is 4.98 Å². The molecule has 5 nitrogen and oxygen atoms in total. The predicted octanol–water partition coefficient (Wildman–Crippen LogP) is 2.58. The van der Waals surface area contributed by atoms with Crippen LogP contribution in [0.4, 0.5) is 0 Å². The third-order valence-corrected chi connectivity index (χ3v) is 2.85. The van der Waals surface area contributed by atoms with E-state index in [1.807, 2.05) is 19.1 Å². The highest BCUT2D eigenvalue weighted by molar-refractivity contribution is 5.92. The Morgan fingerprint density at radius 1 is 1.35 bits per heavy atom. The topological polar surface area (TPSA) is 68.7 Å². The van der Waals surface area contributed by atoms with E-state index in [0.29, 0.717) is 5.56 Å². The fourth-order valence-corrected chi connectivity index (χ4v) is 1.79. The van der Waals surface area contributed by atoms with Crippen molar-refractivity contribution < 1.29 is 19.4 Å². The number of carbonyl (C=O) groups excluding carboxylic acids is 1. The number of rotatable bonds is 4. The van der Waals surface area contributed by atoms with Crippen molar-refractivity contribution in [2.24, 2.45) is 0 Å². The fourth-order valence-electron chi connectivity index (χ4n) is 1.79. The molecule has 0 amide bonds. The molecular formula is C15H15NO4. The van der Waals surface area contributed by atoms with Gasteiger partial charge in [-0.1, -0.05) is 25.1 Å². The van der Waals surface area contributed by atoms with E-state index in [0.717, 1.165) is 12.0 Å². The second-order valence-electron chi connectivity index (χ2n) is 4.09. The van der Waals surface area contributed by atoms with Gasteiger partial charge in [0.2, 0.25) is 5.88 Å². The number of aromatic nitrogens is 1. The van der Waals surface area contributed by atoms with Crippen molar-refractivity contribution in [3.8, 4) is 17.4 Å². The molecule has 0 saturated carbocycles. The molecule has 20 heavy (non-hydrogen) atoms. The standard InChI is InChI=1S/C15H15NO4/c1-3-10-6-4-5-7-11(10)15(18)20-13-8-14(19-2)16-9-12(13)17/h4-9,17H,3H2,1-2H3. The zero-order valence-corrected chi connectivity index (χ0v) is 11.3. The minimum Gasteiger partial charge on any atom is -0.503 e. The molecular weight excluding hydrogens is 258 g/mol. The van der Waals surface area contributed by atoms with E-state index in [1.165, 1.54) is 19.4 Å². The molecule has 0 aliphatic heterocycles. The molecule has 0 bridgehead atoms. The first kappa shape index (κ1) is 13.9. The van der Waals surface area contributed by atoms with Crippen LogP contribution in [0.15, 0.2) is 36.5 Å². The quantitative estimate of drug-likeness (QED) is 0.867. The second-order valence-corrected chi connectivity index (χ2v) is 4.09. The third kappa shape index (κ3) is 2.88. The Bertz CT molecular complexity index is 625. The summed E-state index contributed by atoms with van der Waals surface area (Å²) in [6.45, 7) is 1.96. The number of ether oxygens (including phenoxy) is 2. The van der Waals surface area contributed by atoms with Crippen molar-refractivity contribution >= 4 is 5.97 Å². The van der Waals surface area contributed by atoms with Crippen LogP contribution in [0.1, 0.15) is 22.8 Å². The summed E-state index contributed by atoms with van der Waals surface area (Å²) >= 11 is 0. The van der Waals surface area contributed by atoms with Gasteiger partial charge in [-0.25, -0.2) is 9.78 Å². The Morgan fingerprint density at radius 2 is 2.10 bits per heavy atom. The van der Waals surface area contributed by atoms with Crippen molar-refractivity contribution in [3.05, 3.63) is 47.7 Å². The number of pyridine rings is 1. The van der Waals surface area contributed by atoms with Gasteiger partial charge in [-0.2, -0.15) is 0 Å². The molecule has 104 valence electrons. The van der Waals surface area contributed by atoms with Crippen molar-refractivity contribution in [1.29, 1.82) is 0 Å². The molecule has 0 radical (unpaired) electrons. The molecule has 1 aromatic carbocycles. The number of aryl methyl sites for hydroxylation is 1. The number of hydrogen-bond donors (Lipinski definition) is 1. The summed E-state index contributed by atoms with van der Waals surface area (Å²) < 4.78 is 10.1. The molecule has 0 unspecified atom stereocenters. The normalized spacial score (nSPS) is 10.1. The minimum atomic E-state index is -0.522. The Hall–Kier alpha value is -2.56. The van der Waals surface area contributed by atoms with E-state index < -0.39 is 5.97 Å². The van der Waals surface area contributed by atoms with Gasteiger partial charge in [0.25, 0.3) is 0 Å². The molecule has 0 aliphatic carbocycles. The van der Waals surface area contributed by atoms with Gasteiger partial charge in [-0.3, -0.25) is 0 Å². The number of carbonyl (C=O) groups is 1. The van der Waals surface area contributed by atoms with Crippen LogP contribution in [0, 0.1) is 0 Å². The predicted molar refractivity (Wildman–Crippen MR) is 73.2 cm³/mol. The third-order valence-electron chi connectivity index (χ3n) is 2.85. The number of esters is 1. The van der Waals surface area contributed by atoms with Crippen molar-refractivity contribution in [1.82, 2.24) is 4.98 Å². The lowest BCUT2D eigenvalue weighted by Crippen LogP contribution is -2.11. The van der Waals surface area contributed by atoms with E-state index in [4.69, 9.17) is 9.47 Å². The largest absolute Gasteiger partial charge is 0.503 e. The average molecular weight is 273 g/mol. The lowest BCUT2D eigenvalue weighted by molar-refractivity contribution is 0.0728. The summed E-state index contributed by atoms with van der Waals surface area (Å²) in [5, 5.41) is 9.66. The molecule has 5 heteroatoms. The SMILES string of the molecule is CCc1ccccc1C(=O)Oc1cc(OC)ncc1O. The van der Waals surface area contributed by atoms with E-state index in [1.54, 1.807) is 12.1 Å². The number of methoxy groups -OCH3 is 1. The highest BCUT2D eigenvalue weighted by Gasteiger charge is 2.15. The zero-order valence-electron chi connectivity index (χ0n) is 11.3. The Labute approximate surface area is 116 Å². The second kappa shape index (κ2) is 6.06. The minimum absolute atomic E-state index is 0.0211. The van der Waals surface area contributed by atoms with Crippen LogP contribution in [0.2, 0.25) is 0 Å². The maximum atomic E-state index is 12.2. The molecule has 0 atom stereocenters. The monoisotopic (exact) mass is 273 g/mol. The molecule has 1 aromatic heterocycles. The molecule has 2 aromatic rings. The number of hydrogen-bond acceptors (Lipinski definition) is 5. The van der Waals surface area contributed by atoms with Gasteiger partial charge in [-0.15, -0.1) is 0 Å². The van der Waals surface area contributed by atoms with Crippen LogP contribution in [-0.2, 0) is 6.42 Å². The van der Waals surface area contributed by atoms with Gasteiger partial charge in [0.05, 0.1) is 18.9 Å². The first-order chi connectivity index (χ1) is 9.65. The maximum absolute atomic E-state index is 12.2. The summed E-state index contributed by atoms with van der Waals surface area (Å²) in [4.78, 5) is 16.0. The van der Waals surface area contributed by atoms with E-state index in [9.17, 15) is 9.90 Å². The lowest BCUT2D eigenvalue weighted by atomic mass is 10.1. The molecule has 0 fully saturated rings. The van der Waals surface area contributed by atoms with Crippen LogP contribution in [0.25, 0.3) is 0 Å². The molecule has 1 N–H and O–H groups in total. The van der Waals surface area contributed by atoms with Crippen LogP contribution >= 0.6 is 0 Å². The molecule has 0 saturated heterocycles. The summed E-state index contributed by atoms with van der Waals surface area (Å²) in [7, 11) is 1.44. The van der Waals surface area contributed by atoms with Crippen LogP contribution in [0.5, 0.6) is 17.4 Å². The van der Waals surface area contributed by atoms with Crippen molar-refractivity contribution in [2.45, 2.75) is 13.3 Å². The lowest BCUT2D eigenvalue weighted by Gasteiger charge is -2.09. The van der Waals surface area contributed by atoms with E-state index >= 15 is 0 Å². The summed E-state index contributed by atoms with van der Waals surface area (Å²) in [6.07, 6.45) is 1.89. The first-order valence-electron chi connectivity index (χ1n) is 6.18. The number of aromatic hydroxyl groups is 1. The van der Waals surface area contributed by atoms with Crippen molar-refractivity contribution in [3.63, 3.8) is 0 Å². The summed E-state index contributed by atoms with van der Waals surface area (Å²) in [6, 6.07) is 8.55. The Kier molecular flexibility index (Phi) is 4.20. The van der Waals surface area contributed by atoms with Gasteiger partial charge in [0.1, 0.15) is 0 Å². The van der Waals surface area contributed by atoms with Crippen molar-refractivity contribution in [2.75, 3.05) is 7.11 Å². The van der Waals surface area contributed by atoms with Gasteiger partial charge in [0.15, 0.2) is 11.5 Å². The van der Waals surface area contributed by atoms with E-state index in [-0.39, 0.29) is 17.4 Å². The number of nitrogens with zero attached hydrogens (tertiary/aromatic N) is 1. The number of benzene rings is 1. The van der Waals surface area contributed by atoms with Gasteiger partial charge in [0, 0.05) is 6.07 Å². The summed E-state index contributed by atoms with van der Waals surface area (Å²) in [5.41, 5.74) is 1.36. The Morgan fingerprint density at radius 3 is 2.80 bits per heavy atom. The van der Waals surface area contributed by atoms with Gasteiger partial charge < -0.3 is 14.6 Å². The molecule has 1 heterocycles. The fraction of sp³-hybridized carbons (Fsp3) is 0.200. The van der Waals surface area contributed by atoms with Gasteiger partial charge in [-0.05, 0) is 18.1 Å².